The van der Waals surface area contributed by atoms with Crippen LogP contribution >= 0.6 is 0 Å². The molecule has 1 aliphatic rings. The molecule has 19 heavy (non-hydrogen) atoms. The van der Waals surface area contributed by atoms with Crippen molar-refractivity contribution in [1.82, 2.24) is 0 Å². The first-order valence-electron chi connectivity index (χ1n) is 6.45. The molecule has 0 saturated carbocycles. The van der Waals surface area contributed by atoms with E-state index in [4.69, 9.17) is 0 Å². The van der Waals surface area contributed by atoms with Crippen molar-refractivity contribution >= 4 is 11.4 Å². The number of hydrogen-bond donors (Lipinski definition) is 1. The van der Waals surface area contributed by atoms with E-state index in [0.717, 1.165) is 22.1 Å². The van der Waals surface area contributed by atoms with Gasteiger partial charge in [-0.05, 0) is 51.1 Å². The highest BCUT2D eigenvalue weighted by atomic mass is 15.1. The zero-order valence-electron chi connectivity index (χ0n) is 11.4. The molecule has 0 fully saturated rings. The van der Waals surface area contributed by atoms with Crippen molar-refractivity contribution in [1.29, 1.82) is 0 Å². The van der Waals surface area contributed by atoms with Crippen LogP contribution < -0.4 is 16.0 Å². The second kappa shape index (κ2) is 4.19. The van der Waals surface area contributed by atoms with Crippen molar-refractivity contribution in [2.75, 3.05) is 5.32 Å². The molecule has 0 aromatic heterocycles. The molecular weight excluding hydrogens is 234 g/mol. The summed E-state index contributed by atoms with van der Waals surface area (Å²) in [6, 6.07) is 14.5. The van der Waals surface area contributed by atoms with Gasteiger partial charge in [0.05, 0.1) is 10.7 Å². The first kappa shape index (κ1) is 11.9. The van der Waals surface area contributed by atoms with E-state index in [1.807, 2.05) is 32.0 Å². The van der Waals surface area contributed by atoms with E-state index in [2.05, 4.69) is 46.5 Å². The van der Waals surface area contributed by atoms with Gasteiger partial charge in [-0.2, -0.15) is 0 Å². The topological polar surface area (TPSA) is 36.8 Å². The van der Waals surface area contributed by atoms with Crippen LogP contribution in [-0.4, -0.2) is 5.66 Å². The third-order valence-electron chi connectivity index (χ3n) is 3.10. The Balaban J connectivity index is 1.93. The van der Waals surface area contributed by atoms with Gasteiger partial charge in [-0.15, -0.1) is 0 Å². The van der Waals surface area contributed by atoms with Gasteiger partial charge in [0, 0.05) is 11.4 Å². The normalized spacial score (nSPS) is 15.3. The zero-order chi connectivity index (χ0) is 13.5. The number of aryl methyl sites for hydroxylation is 1. The van der Waals surface area contributed by atoms with Crippen LogP contribution in [0.4, 0.5) is 11.4 Å². The van der Waals surface area contributed by atoms with Crippen LogP contribution in [0.2, 0.25) is 0 Å². The summed E-state index contributed by atoms with van der Waals surface area (Å²) < 4.78 is 0. The van der Waals surface area contributed by atoms with Gasteiger partial charge in [-0.3, -0.25) is 9.98 Å². The Hall–Kier alpha value is -2.16. The molecule has 2 aromatic carbocycles. The summed E-state index contributed by atoms with van der Waals surface area (Å²) in [6.45, 7) is 6.11. The fraction of sp³-hybridized carbons (Fsp3) is 0.250. The predicted octanol–water partition coefficient (Wildman–Crippen LogP) is 2.73. The summed E-state index contributed by atoms with van der Waals surface area (Å²) in [5, 5.41) is 5.32. The molecule has 3 heteroatoms. The van der Waals surface area contributed by atoms with Crippen LogP contribution in [0.1, 0.15) is 19.4 Å². The number of rotatable bonds is 2. The maximum Gasteiger partial charge on any atom is 0.146 e. The summed E-state index contributed by atoms with van der Waals surface area (Å²) in [6.07, 6.45) is 0. The van der Waals surface area contributed by atoms with Gasteiger partial charge >= 0.3 is 0 Å². The van der Waals surface area contributed by atoms with E-state index in [9.17, 15) is 0 Å². The monoisotopic (exact) mass is 251 g/mol. The summed E-state index contributed by atoms with van der Waals surface area (Å²) in [4.78, 5) is 9.14. The largest absolute Gasteiger partial charge is 0.355 e. The molecule has 0 saturated heterocycles. The van der Waals surface area contributed by atoms with Crippen LogP contribution in [-0.2, 0) is 0 Å². The highest BCUT2D eigenvalue weighted by Crippen LogP contribution is 2.16. The minimum Gasteiger partial charge on any atom is -0.355 e. The highest BCUT2D eigenvalue weighted by Gasteiger charge is 2.17. The first-order valence-corrected chi connectivity index (χ1v) is 6.45. The Morgan fingerprint density at radius 2 is 1.47 bits per heavy atom. The van der Waals surface area contributed by atoms with E-state index < -0.39 is 0 Å². The summed E-state index contributed by atoms with van der Waals surface area (Å²) in [5.41, 5.74) is 3.05. The maximum atomic E-state index is 4.59. The molecule has 2 aromatic rings. The fourth-order valence-electron chi connectivity index (χ4n) is 2.20. The molecule has 1 aliphatic heterocycles. The lowest BCUT2D eigenvalue weighted by Gasteiger charge is -2.07. The van der Waals surface area contributed by atoms with Crippen molar-refractivity contribution < 1.29 is 0 Å². The van der Waals surface area contributed by atoms with Gasteiger partial charge < -0.3 is 5.32 Å². The Morgan fingerprint density at radius 3 is 2.21 bits per heavy atom. The van der Waals surface area contributed by atoms with Crippen molar-refractivity contribution in [3.05, 3.63) is 58.7 Å². The van der Waals surface area contributed by atoms with Crippen molar-refractivity contribution in [2.24, 2.45) is 9.98 Å². The summed E-state index contributed by atoms with van der Waals surface area (Å²) in [7, 11) is 0. The molecule has 0 atom stereocenters. The van der Waals surface area contributed by atoms with Gasteiger partial charge in [0.1, 0.15) is 5.66 Å². The first-order chi connectivity index (χ1) is 9.02. The molecule has 0 amide bonds. The number of benzene rings is 2. The van der Waals surface area contributed by atoms with Crippen LogP contribution in [0.15, 0.2) is 52.4 Å². The summed E-state index contributed by atoms with van der Waals surface area (Å²) in [5.74, 6) is 0. The Morgan fingerprint density at radius 1 is 0.842 bits per heavy atom. The predicted molar refractivity (Wildman–Crippen MR) is 77.3 cm³/mol. The molecule has 0 unspecified atom stereocenters. The van der Waals surface area contributed by atoms with Gasteiger partial charge in [0.2, 0.25) is 0 Å². The molecule has 3 rings (SSSR count). The van der Waals surface area contributed by atoms with Gasteiger partial charge in [0.25, 0.3) is 0 Å². The average molecular weight is 251 g/mol. The molecule has 0 aliphatic carbocycles. The van der Waals surface area contributed by atoms with Gasteiger partial charge in [-0.1, -0.05) is 17.7 Å². The van der Waals surface area contributed by atoms with E-state index >= 15 is 0 Å². The number of nitrogens with zero attached hydrogens (tertiary/aromatic N) is 2. The average Bonchev–Trinajstić information content (AvgIpc) is 2.65. The van der Waals surface area contributed by atoms with Crippen LogP contribution in [0.25, 0.3) is 0 Å². The number of hydrogen-bond acceptors (Lipinski definition) is 3. The second-order valence-electron chi connectivity index (χ2n) is 5.41. The molecule has 1 N–H and O–H groups in total. The van der Waals surface area contributed by atoms with Gasteiger partial charge in [-0.25, -0.2) is 0 Å². The molecular formula is C16H17N3. The standard InChI is InChI=1S/C16H17N3/c1-11-4-6-12(7-5-11)17-13-8-9-14-15(10-13)19-16(2,3)18-14/h4-10,17H,1-3H3. The lowest BCUT2D eigenvalue weighted by molar-refractivity contribution is 0.549. The SMILES string of the molecule is Cc1ccc(Nc2ccc3c(c2)=NC(C)(C)N=3)cc1. The minimum absolute atomic E-state index is 0.329. The lowest BCUT2D eigenvalue weighted by atomic mass is 10.2. The fourth-order valence-corrected chi connectivity index (χ4v) is 2.20. The Kier molecular flexibility index (Phi) is 2.63. The molecule has 3 nitrogen and oxygen atoms in total. The Bertz CT molecular complexity index is 728. The molecule has 96 valence electrons. The van der Waals surface area contributed by atoms with E-state index in [-0.39, 0.29) is 5.66 Å². The van der Waals surface area contributed by atoms with Gasteiger partial charge in [0.15, 0.2) is 0 Å². The van der Waals surface area contributed by atoms with Crippen molar-refractivity contribution in [3.63, 3.8) is 0 Å². The van der Waals surface area contributed by atoms with E-state index in [0.29, 0.717) is 0 Å². The molecule has 0 bridgehead atoms. The number of fused-ring (bicyclic) bond motifs is 1. The second-order valence-corrected chi connectivity index (χ2v) is 5.41. The molecule has 1 heterocycles. The molecule has 0 radical (unpaired) electrons. The van der Waals surface area contributed by atoms with Crippen LogP contribution in [0, 0.1) is 6.92 Å². The van der Waals surface area contributed by atoms with E-state index in [1.54, 1.807) is 0 Å². The van der Waals surface area contributed by atoms with Crippen LogP contribution in [0.5, 0.6) is 0 Å². The molecule has 0 spiro atoms. The van der Waals surface area contributed by atoms with E-state index in [1.165, 1.54) is 5.56 Å². The van der Waals surface area contributed by atoms with Crippen molar-refractivity contribution in [3.8, 4) is 0 Å². The maximum absolute atomic E-state index is 4.59. The number of nitrogens with one attached hydrogen (secondary N) is 1. The lowest BCUT2D eigenvalue weighted by Crippen LogP contribution is -2.21. The van der Waals surface area contributed by atoms with Crippen LogP contribution in [0.3, 0.4) is 0 Å². The minimum atomic E-state index is -0.329. The quantitative estimate of drug-likeness (QED) is 0.875. The third-order valence-corrected chi connectivity index (χ3v) is 3.10. The highest BCUT2D eigenvalue weighted by molar-refractivity contribution is 5.59. The van der Waals surface area contributed by atoms with Crippen molar-refractivity contribution in [2.45, 2.75) is 26.4 Å². The summed E-state index contributed by atoms with van der Waals surface area (Å²) >= 11 is 0. The Labute approximate surface area is 112 Å². The number of anilines is 2. The third kappa shape index (κ3) is 2.50. The smallest absolute Gasteiger partial charge is 0.146 e. The zero-order valence-corrected chi connectivity index (χ0v) is 11.4.